The van der Waals surface area contributed by atoms with Gasteiger partial charge in [0.05, 0.1) is 0 Å². The molecule has 0 saturated carbocycles. The molecule has 3 rings (SSSR count). The molecule has 0 amide bonds. The lowest BCUT2D eigenvalue weighted by molar-refractivity contribution is -0.254. The SMILES string of the molecule is C=C(C)C(=O)Oc1sc(C)c(C2=C(c3c(C)sc(OC(=O)C(=C)C)c3C)C(F)(F)C(F)(F)C2(F)F)c1C. The largest absolute Gasteiger partial charge is 0.412 e. The fourth-order valence-corrected chi connectivity index (χ4v) is 5.93. The summed E-state index contributed by atoms with van der Waals surface area (Å²) in [4.78, 5) is 23.9. The van der Waals surface area contributed by atoms with E-state index in [-0.39, 0.29) is 42.2 Å². The quantitative estimate of drug-likeness (QED) is 0.204. The van der Waals surface area contributed by atoms with E-state index < -0.39 is 52.0 Å². The van der Waals surface area contributed by atoms with Crippen molar-refractivity contribution in [3.05, 3.63) is 56.3 Å². The van der Waals surface area contributed by atoms with Gasteiger partial charge in [-0.3, -0.25) is 0 Å². The van der Waals surface area contributed by atoms with Gasteiger partial charge in [-0.05, 0) is 41.5 Å². The van der Waals surface area contributed by atoms with Crippen LogP contribution in [0.15, 0.2) is 24.3 Å². The lowest BCUT2D eigenvalue weighted by Crippen LogP contribution is -2.49. The first-order valence-electron chi connectivity index (χ1n) is 10.6. The summed E-state index contributed by atoms with van der Waals surface area (Å²) in [5.41, 5.74) is -4.69. The maximum Gasteiger partial charge on any atom is 0.380 e. The number of ether oxygens (including phenoxy) is 2. The third kappa shape index (κ3) is 4.23. The highest BCUT2D eigenvalue weighted by molar-refractivity contribution is 7.14. The number of thiophene rings is 2. The minimum Gasteiger partial charge on any atom is -0.412 e. The molecule has 2 aromatic rings. The van der Waals surface area contributed by atoms with Crippen molar-refractivity contribution in [3.8, 4) is 10.1 Å². The minimum absolute atomic E-state index is 0.0162. The van der Waals surface area contributed by atoms with Gasteiger partial charge in [0.15, 0.2) is 10.1 Å². The van der Waals surface area contributed by atoms with Gasteiger partial charge in [-0.25, -0.2) is 9.59 Å². The molecule has 0 bridgehead atoms. The van der Waals surface area contributed by atoms with E-state index in [1.54, 1.807) is 0 Å². The molecular weight excluding hydrogens is 542 g/mol. The molecule has 200 valence electrons. The number of alkyl halides is 6. The first-order valence-corrected chi connectivity index (χ1v) is 12.3. The molecule has 0 aliphatic heterocycles. The van der Waals surface area contributed by atoms with E-state index in [0.29, 0.717) is 22.7 Å². The summed E-state index contributed by atoms with van der Waals surface area (Å²) < 4.78 is 101. The highest BCUT2D eigenvalue weighted by Crippen LogP contribution is 2.67. The summed E-state index contributed by atoms with van der Waals surface area (Å²) in [5, 5.41) is -0.423. The predicted molar refractivity (Wildman–Crippen MR) is 130 cm³/mol. The van der Waals surface area contributed by atoms with Crippen LogP contribution in [-0.4, -0.2) is 29.7 Å². The minimum atomic E-state index is -5.78. The Morgan fingerprint density at radius 2 is 0.973 bits per heavy atom. The highest BCUT2D eigenvalue weighted by Gasteiger charge is 2.80. The molecular formula is C25H22F6O4S2. The third-order valence-electron chi connectivity index (χ3n) is 5.79. The summed E-state index contributed by atoms with van der Waals surface area (Å²) in [5.74, 6) is -18.2. The average molecular weight is 565 g/mol. The Kier molecular flexibility index (Phi) is 7.11. The Hall–Kier alpha value is -2.86. The highest BCUT2D eigenvalue weighted by atomic mass is 32.1. The van der Waals surface area contributed by atoms with Crippen molar-refractivity contribution < 1.29 is 45.4 Å². The Morgan fingerprint density at radius 3 is 1.24 bits per heavy atom. The van der Waals surface area contributed by atoms with Crippen LogP contribution in [0.25, 0.3) is 11.1 Å². The number of halogens is 6. The van der Waals surface area contributed by atoms with Crippen molar-refractivity contribution >= 4 is 45.8 Å². The van der Waals surface area contributed by atoms with Crippen LogP contribution in [0.1, 0.15) is 45.9 Å². The molecule has 0 radical (unpaired) electrons. The van der Waals surface area contributed by atoms with E-state index in [0.717, 1.165) is 0 Å². The van der Waals surface area contributed by atoms with Gasteiger partial charge in [-0.15, -0.1) is 22.7 Å². The molecule has 0 fully saturated rings. The molecule has 1 aliphatic carbocycles. The Labute approximate surface area is 216 Å². The lowest BCUT2D eigenvalue weighted by Gasteiger charge is -2.26. The van der Waals surface area contributed by atoms with Crippen LogP contribution in [0.2, 0.25) is 0 Å². The summed E-state index contributed by atoms with van der Waals surface area (Å²) in [6.45, 7) is 14.5. The number of hydrogen-bond acceptors (Lipinski definition) is 6. The first-order chi connectivity index (χ1) is 16.8. The lowest BCUT2D eigenvalue weighted by atomic mass is 9.91. The molecule has 0 aromatic carbocycles. The third-order valence-corrected chi connectivity index (χ3v) is 7.96. The van der Waals surface area contributed by atoms with Gasteiger partial charge < -0.3 is 9.47 Å². The molecule has 0 N–H and O–H groups in total. The van der Waals surface area contributed by atoms with Crippen LogP contribution in [0.3, 0.4) is 0 Å². The van der Waals surface area contributed by atoms with Crippen LogP contribution >= 0.6 is 22.7 Å². The van der Waals surface area contributed by atoms with E-state index in [1.807, 2.05) is 0 Å². The first kappa shape index (κ1) is 28.7. The van der Waals surface area contributed by atoms with Gasteiger partial charge in [0, 0.05) is 54.3 Å². The smallest absolute Gasteiger partial charge is 0.380 e. The number of aryl methyl sites for hydroxylation is 2. The van der Waals surface area contributed by atoms with Crippen LogP contribution in [-0.2, 0) is 9.59 Å². The number of rotatable bonds is 6. The topological polar surface area (TPSA) is 52.6 Å². The monoisotopic (exact) mass is 564 g/mol. The van der Waals surface area contributed by atoms with Crippen molar-refractivity contribution in [2.24, 2.45) is 0 Å². The van der Waals surface area contributed by atoms with Crippen molar-refractivity contribution in [1.29, 1.82) is 0 Å². The summed E-state index contributed by atoms with van der Waals surface area (Å²) in [6, 6.07) is 0. The number of esters is 2. The number of allylic oxidation sites excluding steroid dienone is 2. The van der Waals surface area contributed by atoms with Crippen LogP contribution in [0.5, 0.6) is 10.1 Å². The van der Waals surface area contributed by atoms with Gasteiger partial charge in [-0.1, -0.05) is 13.2 Å². The second-order valence-electron chi connectivity index (χ2n) is 8.70. The van der Waals surface area contributed by atoms with Gasteiger partial charge in [0.2, 0.25) is 0 Å². The molecule has 1 aliphatic rings. The number of hydrogen-bond donors (Lipinski definition) is 0. The number of carbonyl (C=O) groups excluding carboxylic acids is 2. The molecule has 0 unspecified atom stereocenters. The zero-order chi connectivity index (χ0) is 28.4. The van der Waals surface area contributed by atoms with Crippen molar-refractivity contribution in [1.82, 2.24) is 0 Å². The Balaban J connectivity index is 2.40. The standard InChI is InChI=1S/C25H22F6O4S2/c1-9(2)19(32)34-21-11(5)15(13(7)36-21)17-18(24(28,29)25(30,31)23(17,26)27)16-12(6)22(37-14(16)8)35-20(33)10(3)4/h1,3H2,2,4-8H3. The molecule has 4 nitrogen and oxygen atoms in total. The summed E-state index contributed by atoms with van der Waals surface area (Å²) in [7, 11) is 0. The molecule has 0 atom stereocenters. The molecule has 0 spiro atoms. The predicted octanol–water partition coefficient (Wildman–Crippen LogP) is 7.84. The van der Waals surface area contributed by atoms with Crippen molar-refractivity contribution in [2.75, 3.05) is 0 Å². The number of carbonyl (C=O) groups is 2. The van der Waals surface area contributed by atoms with E-state index in [9.17, 15) is 18.4 Å². The van der Waals surface area contributed by atoms with E-state index in [2.05, 4.69) is 13.2 Å². The van der Waals surface area contributed by atoms with E-state index in [1.165, 1.54) is 41.5 Å². The summed E-state index contributed by atoms with van der Waals surface area (Å²) in [6.07, 6.45) is 0. The fourth-order valence-electron chi connectivity index (χ4n) is 3.92. The maximum atomic E-state index is 15.4. The van der Waals surface area contributed by atoms with Gasteiger partial charge >= 0.3 is 29.7 Å². The van der Waals surface area contributed by atoms with Gasteiger partial charge in [-0.2, -0.15) is 26.3 Å². The Morgan fingerprint density at radius 1 is 0.676 bits per heavy atom. The maximum absolute atomic E-state index is 15.4. The van der Waals surface area contributed by atoms with Crippen LogP contribution < -0.4 is 9.47 Å². The molecule has 2 heterocycles. The normalized spacial score (nSPS) is 17.6. The second kappa shape index (κ2) is 9.16. The second-order valence-corrected chi connectivity index (χ2v) is 11.1. The van der Waals surface area contributed by atoms with E-state index >= 15 is 17.6 Å². The van der Waals surface area contributed by atoms with Crippen LogP contribution in [0, 0.1) is 27.7 Å². The van der Waals surface area contributed by atoms with Crippen LogP contribution in [0.4, 0.5) is 26.3 Å². The average Bonchev–Trinajstić information content (AvgIpc) is 3.22. The van der Waals surface area contributed by atoms with E-state index in [4.69, 9.17) is 9.47 Å². The molecule has 37 heavy (non-hydrogen) atoms. The zero-order valence-corrected chi connectivity index (χ0v) is 22.3. The van der Waals surface area contributed by atoms with Crippen molar-refractivity contribution in [3.63, 3.8) is 0 Å². The molecule has 0 saturated heterocycles. The van der Waals surface area contributed by atoms with Gasteiger partial charge in [0.1, 0.15) is 0 Å². The van der Waals surface area contributed by atoms with Gasteiger partial charge in [0.25, 0.3) is 0 Å². The fraction of sp³-hybridized carbons (Fsp3) is 0.360. The molecule has 12 heteroatoms. The summed E-state index contributed by atoms with van der Waals surface area (Å²) >= 11 is 1.36. The molecule has 2 aromatic heterocycles. The van der Waals surface area contributed by atoms with Crippen molar-refractivity contribution in [2.45, 2.75) is 59.3 Å². The Bertz CT molecular complexity index is 1290. The zero-order valence-electron chi connectivity index (χ0n) is 20.6.